The molecular weight excluding hydrogens is 272 g/mol. The minimum Gasteiger partial charge on any atom is -0.356 e. The van der Waals surface area contributed by atoms with Crippen LogP contribution in [-0.4, -0.2) is 50.6 Å². The van der Waals surface area contributed by atoms with Gasteiger partial charge in [-0.25, -0.2) is 0 Å². The van der Waals surface area contributed by atoms with Gasteiger partial charge in [-0.05, 0) is 52.3 Å². The Hall–Kier alpha value is -1.55. The molecule has 1 rings (SSSR count). The second-order valence-electron chi connectivity index (χ2n) is 5.94. The van der Waals surface area contributed by atoms with Crippen molar-refractivity contribution >= 4 is 5.96 Å². The van der Waals surface area contributed by atoms with E-state index in [0.29, 0.717) is 6.04 Å². The van der Waals surface area contributed by atoms with Gasteiger partial charge >= 0.3 is 0 Å². The second kappa shape index (κ2) is 11.1. The molecule has 0 saturated heterocycles. The third-order valence-corrected chi connectivity index (χ3v) is 3.88. The number of hydrogen-bond acceptors (Lipinski definition) is 2. The summed E-state index contributed by atoms with van der Waals surface area (Å²) in [6, 6.07) is 11.1. The van der Waals surface area contributed by atoms with E-state index < -0.39 is 0 Å². The quantitative estimate of drug-likeness (QED) is 0.418. The first-order chi connectivity index (χ1) is 10.6. The SMILES string of the molecule is CN=C(NCCCCN(C)C(C)C)NCCc1ccccc1. The molecule has 2 N–H and O–H groups in total. The molecule has 22 heavy (non-hydrogen) atoms. The molecule has 1 aromatic carbocycles. The van der Waals surface area contributed by atoms with Gasteiger partial charge in [0.1, 0.15) is 0 Å². The van der Waals surface area contributed by atoms with Crippen molar-refractivity contribution < 1.29 is 0 Å². The maximum atomic E-state index is 4.26. The Morgan fingerprint density at radius 2 is 1.77 bits per heavy atom. The molecule has 0 amide bonds. The first-order valence-corrected chi connectivity index (χ1v) is 8.32. The summed E-state index contributed by atoms with van der Waals surface area (Å²) in [7, 11) is 4.01. The maximum Gasteiger partial charge on any atom is 0.190 e. The number of nitrogens with one attached hydrogen (secondary N) is 2. The second-order valence-corrected chi connectivity index (χ2v) is 5.94. The van der Waals surface area contributed by atoms with Crippen molar-refractivity contribution in [2.45, 2.75) is 39.2 Å². The Labute approximate surface area is 136 Å². The molecule has 0 aliphatic rings. The molecule has 4 nitrogen and oxygen atoms in total. The predicted octanol–water partition coefficient (Wildman–Crippen LogP) is 2.51. The van der Waals surface area contributed by atoms with E-state index in [-0.39, 0.29) is 0 Å². The highest BCUT2D eigenvalue weighted by molar-refractivity contribution is 5.79. The van der Waals surface area contributed by atoms with E-state index in [9.17, 15) is 0 Å². The minimum absolute atomic E-state index is 0.625. The van der Waals surface area contributed by atoms with Gasteiger partial charge in [-0.3, -0.25) is 4.99 Å². The molecule has 0 heterocycles. The molecule has 0 saturated carbocycles. The zero-order chi connectivity index (χ0) is 16.2. The highest BCUT2D eigenvalue weighted by Crippen LogP contribution is 1.98. The van der Waals surface area contributed by atoms with Gasteiger partial charge in [0.2, 0.25) is 0 Å². The molecule has 1 aromatic rings. The van der Waals surface area contributed by atoms with Crippen LogP contribution in [0.1, 0.15) is 32.3 Å². The summed E-state index contributed by atoms with van der Waals surface area (Å²) < 4.78 is 0. The molecule has 4 heteroatoms. The van der Waals surface area contributed by atoms with Crippen LogP contribution in [0.5, 0.6) is 0 Å². The van der Waals surface area contributed by atoms with Crippen molar-refractivity contribution in [1.82, 2.24) is 15.5 Å². The highest BCUT2D eigenvalue weighted by atomic mass is 15.2. The Morgan fingerprint density at radius 3 is 2.41 bits per heavy atom. The molecule has 0 aliphatic carbocycles. The summed E-state index contributed by atoms with van der Waals surface area (Å²) in [5.74, 6) is 0.896. The molecule has 0 spiro atoms. The first kappa shape index (κ1) is 18.5. The Balaban J connectivity index is 2.10. The van der Waals surface area contributed by atoms with E-state index in [4.69, 9.17) is 0 Å². The summed E-state index contributed by atoms with van der Waals surface area (Å²) in [6.07, 6.45) is 3.39. The monoisotopic (exact) mass is 304 g/mol. The van der Waals surface area contributed by atoms with Gasteiger partial charge in [0, 0.05) is 26.2 Å². The number of guanidine groups is 1. The van der Waals surface area contributed by atoms with Crippen molar-refractivity contribution in [3.05, 3.63) is 35.9 Å². The zero-order valence-electron chi connectivity index (χ0n) is 14.6. The van der Waals surface area contributed by atoms with E-state index in [0.717, 1.165) is 38.4 Å². The van der Waals surface area contributed by atoms with Gasteiger partial charge in [0.15, 0.2) is 5.96 Å². The number of nitrogens with zero attached hydrogens (tertiary/aromatic N) is 2. The van der Waals surface area contributed by atoms with Crippen LogP contribution < -0.4 is 10.6 Å². The third-order valence-electron chi connectivity index (χ3n) is 3.88. The lowest BCUT2D eigenvalue weighted by molar-refractivity contribution is 0.268. The summed E-state index contributed by atoms with van der Waals surface area (Å²) in [5, 5.41) is 6.74. The van der Waals surface area contributed by atoms with Gasteiger partial charge < -0.3 is 15.5 Å². The van der Waals surface area contributed by atoms with Crippen LogP contribution in [-0.2, 0) is 6.42 Å². The Morgan fingerprint density at radius 1 is 1.09 bits per heavy atom. The smallest absolute Gasteiger partial charge is 0.190 e. The molecule has 124 valence electrons. The molecule has 0 aromatic heterocycles. The average Bonchev–Trinajstić information content (AvgIpc) is 2.53. The lowest BCUT2D eigenvalue weighted by Gasteiger charge is -2.20. The van der Waals surface area contributed by atoms with Crippen molar-refractivity contribution in [1.29, 1.82) is 0 Å². The lowest BCUT2D eigenvalue weighted by atomic mass is 10.1. The van der Waals surface area contributed by atoms with Crippen LogP contribution in [0.25, 0.3) is 0 Å². The fourth-order valence-corrected chi connectivity index (χ4v) is 2.14. The number of benzene rings is 1. The van der Waals surface area contributed by atoms with Gasteiger partial charge in [-0.15, -0.1) is 0 Å². The summed E-state index contributed by atoms with van der Waals surface area (Å²) in [6.45, 7) is 7.49. The average molecular weight is 304 g/mol. The van der Waals surface area contributed by atoms with Gasteiger partial charge in [-0.1, -0.05) is 30.3 Å². The standard InChI is InChI=1S/C18H32N4/c1-16(2)22(4)15-9-8-13-20-18(19-3)21-14-12-17-10-6-5-7-11-17/h5-7,10-11,16H,8-9,12-15H2,1-4H3,(H2,19,20,21). The van der Waals surface area contributed by atoms with Gasteiger partial charge in [0.25, 0.3) is 0 Å². The lowest BCUT2D eigenvalue weighted by Crippen LogP contribution is -2.39. The predicted molar refractivity (Wildman–Crippen MR) is 96.5 cm³/mol. The topological polar surface area (TPSA) is 39.7 Å². The number of rotatable bonds is 9. The number of hydrogen-bond donors (Lipinski definition) is 2. The van der Waals surface area contributed by atoms with Crippen molar-refractivity contribution in [3.63, 3.8) is 0 Å². The Kier molecular flexibility index (Phi) is 9.31. The highest BCUT2D eigenvalue weighted by Gasteiger charge is 2.02. The summed E-state index contributed by atoms with van der Waals surface area (Å²) in [4.78, 5) is 6.65. The molecule has 0 atom stereocenters. The van der Waals surface area contributed by atoms with E-state index in [1.807, 2.05) is 13.1 Å². The third kappa shape index (κ3) is 8.03. The maximum absolute atomic E-state index is 4.26. The number of aliphatic imine (C=N–C) groups is 1. The molecule has 0 aliphatic heterocycles. The van der Waals surface area contributed by atoms with Crippen LogP contribution in [0.15, 0.2) is 35.3 Å². The summed E-state index contributed by atoms with van der Waals surface area (Å²) in [5.41, 5.74) is 1.35. The van der Waals surface area contributed by atoms with Crippen LogP contribution >= 0.6 is 0 Å². The van der Waals surface area contributed by atoms with E-state index >= 15 is 0 Å². The van der Waals surface area contributed by atoms with Crippen molar-refractivity contribution in [3.8, 4) is 0 Å². The van der Waals surface area contributed by atoms with Crippen LogP contribution in [0.4, 0.5) is 0 Å². The molecule has 0 radical (unpaired) electrons. The zero-order valence-corrected chi connectivity index (χ0v) is 14.6. The van der Waals surface area contributed by atoms with Crippen LogP contribution in [0.2, 0.25) is 0 Å². The van der Waals surface area contributed by atoms with E-state index in [1.165, 1.54) is 12.0 Å². The number of unbranched alkanes of at least 4 members (excludes halogenated alkanes) is 1. The van der Waals surface area contributed by atoms with Crippen molar-refractivity contribution in [2.24, 2.45) is 4.99 Å². The largest absolute Gasteiger partial charge is 0.356 e. The molecular formula is C18H32N4. The van der Waals surface area contributed by atoms with Crippen LogP contribution in [0.3, 0.4) is 0 Å². The molecule has 0 unspecified atom stereocenters. The van der Waals surface area contributed by atoms with Crippen LogP contribution in [0, 0.1) is 0 Å². The first-order valence-electron chi connectivity index (χ1n) is 8.32. The van der Waals surface area contributed by atoms with E-state index in [2.05, 4.69) is 65.7 Å². The normalized spacial score (nSPS) is 12.0. The van der Waals surface area contributed by atoms with Gasteiger partial charge in [-0.2, -0.15) is 0 Å². The fourth-order valence-electron chi connectivity index (χ4n) is 2.14. The van der Waals surface area contributed by atoms with Crippen molar-refractivity contribution in [2.75, 3.05) is 33.7 Å². The van der Waals surface area contributed by atoms with Gasteiger partial charge in [0.05, 0.1) is 0 Å². The molecule has 0 fully saturated rings. The van der Waals surface area contributed by atoms with E-state index in [1.54, 1.807) is 0 Å². The summed E-state index contributed by atoms with van der Waals surface area (Å²) >= 11 is 0. The Bertz CT molecular complexity index is 414. The fraction of sp³-hybridized carbons (Fsp3) is 0.611. The minimum atomic E-state index is 0.625. The molecule has 0 bridgehead atoms.